The highest BCUT2D eigenvalue weighted by Gasteiger charge is 1.97. The molecule has 0 fully saturated rings. The summed E-state index contributed by atoms with van der Waals surface area (Å²) in [5, 5.41) is 0. The van der Waals surface area contributed by atoms with Crippen LogP contribution in [0.3, 0.4) is 0 Å². The van der Waals surface area contributed by atoms with Crippen LogP contribution in [0.5, 0.6) is 0 Å². The van der Waals surface area contributed by atoms with Crippen LogP contribution in [0, 0.1) is 6.92 Å². The molecule has 0 spiro atoms. The van der Waals surface area contributed by atoms with Gasteiger partial charge in [-0.1, -0.05) is 6.08 Å². The van der Waals surface area contributed by atoms with Gasteiger partial charge < -0.3 is 5.43 Å². The maximum absolute atomic E-state index is 11.1. The molecular formula is C8H11N3O2. The standard InChI is InChI=1S/C8H11N3O2/c1-3-4-9-11-5-6(2)7(12)10-8(11)13/h3,5,9H,1,4H2,2H3,(H,10,12,13). The molecule has 13 heavy (non-hydrogen) atoms. The first-order valence-electron chi connectivity index (χ1n) is 3.82. The fraction of sp³-hybridized carbons (Fsp3) is 0.250. The SMILES string of the molecule is C=CCNn1cc(C)c(=O)[nH]c1=O. The molecule has 0 atom stereocenters. The molecular weight excluding hydrogens is 170 g/mol. The summed E-state index contributed by atoms with van der Waals surface area (Å²) in [6.07, 6.45) is 3.07. The molecule has 0 aromatic carbocycles. The van der Waals surface area contributed by atoms with E-state index in [0.717, 1.165) is 0 Å². The van der Waals surface area contributed by atoms with Crippen LogP contribution in [0.25, 0.3) is 0 Å². The highest BCUT2D eigenvalue weighted by Crippen LogP contribution is 1.80. The zero-order chi connectivity index (χ0) is 9.84. The van der Waals surface area contributed by atoms with E-state index < -0.39 is 5.69 Å². The van der Waals surface area contributed by atoms with E-state index in [1.165, 1.54) is 10.9 Å². The molecule has 0 aliphatic carbocycles. The third kappa shape index (κ3) is 2.08. The first-order chi connectivity index (χ1) is 6.15. The third-order valence-electron chi connectivity index (χ3n) is 1.53. The molecule has 5 heteroatoms. The average Bonchev–Trinajstić information content (AvgIpc) is 2.09. The lowest BCUT2D eigenvalue weighted by molar-refractivity contribution is 0.781. The predicted molar refractivity (Wildman–Crippen MR) is 50.5 cm³/mol. The van der Waals surface area contributed by atoms with Gasteiger partial charge in [0.05, 0.1) is 0 Å². The summed E-state index contributed by atoms with van der Waals surface area (Å²) in [5.74, 6) is 0. The number of nitrogens with zero attached hydrogens (tertiary/aromatic N) is 1. The smallest absolute Gasteiger partial charge is 0.318 e. The van der Waals surface area contributed by atoms with Crippen molar-refractivity contribution in [1.29, 1.82) is 0 Å². The molecule has 0 aliphatic rings. The lowest BCUT2D eigenvalue weighted by atomic mass is 10.4. The van der Waals surface area contributed by atoms with E-state index in [-0.39, 0.29) is 5.56 Å². The molecule has 0 saturated carbocycles. The van der Waals surface area contributed by atoms with E-state index in [2.05, 4.69) is 17.0 Å². The Morgan fingerprint density at radius 3 is 3.00 bits per heavy atom. The first-order valence-corrected chi connectivity index (χ1v) is 3.82. The van der Waals surface area contributed by atoms with Crippen molar-refractivity contribution in [1.82, 2.24) is 9.66 Å². The quantitative estimate of drug-likeness (QED) is 0.622. The van der Waals surface area contributed by atoms with Crippen LogP contribution < -0.4 is 16.7 Å². The second-order valence-corrected chi connectivity index (χ2v) is 2.59. The molecule has 0 bridgehead atoms. The van der Waals surface area contributed by atoms with Gasteiger partial charge in [0.2, 0.25) is 0 Å². The van der Waals surface area contributed by atoms with E-state index in [9.17, 15) is 9.59 Å². The van der Waals surface area contributed by atoms with Crippen LogP contribution in [0.15, 0.2) is 28.4 Å². The maximum atomic E-state index is 11.1. The Morgan fingerprint density at radius 1 is 1.69 bits per heavy atom. The van der Waals surface area contributed by atoms with Crippen LogP contribution in [0.4, 0.5) is 0 Å². The van der Waals surface area contributed by atoms with Gasteiger partial charge in [0.1, 0.15) is 0 Å². The summed E-state index contributed by atoms with van der Waals surface area (Å²) in [7, 11) is 0. The first kappa shape index (κ1) is 9.31. The van der Waals surface area contributed by atoms with Gasteiger partial charge in [0.15, 0.2) is 0 Å². The Kier molecular flexibility index (Phi) is 2.69. The van der Waals surface area contributed by atoms with Gasteiger partial charge in [-0.15, -0.1) is 6.58 Å². The van der Waals surface area contributed by atoms with Crippen LogP contribution in [0.2, 0.25) is 0 Å². The number of hydrogen-bond donors (Lipinski definition) is 2. The van der Waals surface area contributed by atoms with Crippen molar-refractivity contribution in [2.24, 2.45) is 0 Å². The number of nitrogens with one attached hydrogen (secondary N) is 2. The van der Waals surface area contributed by atoms with Gasteiger partial charge in [-0.05, 0) is 6.92 Å². The summed E-state index contributed by atoms with van der Waals surface area (Å²) in [5.41, 5.74) is 2.40. The normalized spacial score (nSPS) is 9.62. The largest absolute Gasteiger partial charge is 0.346 e. The summed E-state index contributed by atoms with van der Waals surface area (Å²) in [4.78, 5) is 24.2. The average molecular weight is 181 g/mol. The number of H-pyrrole nitrogens is 1. The molecule has 0 aliphatic heterocycles. The molecule has 70 valence electrons. The fourth-order valence-electron chi connectivity index (χ4n) is 0.847. The maximum Gasteiger partial charge on any atom is 0.346 e. The zero-order valence-corrected chi connectivity index (χ0v) is 7.33. The Hall–Kier alpha value is -1.78. The fourth-order valence-corrected chi connectivity index (χ4v) is 0.847. The van der Waals surface area contributed by atoms with E-state index in [4.69, 9.17) is 0 Å². The minimum atomic E-state index is -0.475. The van der Waals surface area contributed by atoms with E-state index in [1.54, 1.807) is 13.0 Å². The second-order valence-electron chi connectivity index (χ2n) is 2.59. The minimum absolute atomic E-state index is 0.360. The van der Waals surface area contributed by atoms with Gasteiger partial charge >= 0.3 is 5.69 Å². The number of rotatable bonds is 3. The minimum Gasteiger partial charge on any atom is -0.318 e. The van der Waals surface area contributed by atoms with Gasteiger partial charge in [-0.25, -0.2) is 9.47 Å². The highest BCUT2D eigenvalue weighted by molar-refractivity contribution is 5.02. The predicted octanol–water partition coefficient (Wildman–Crippen LogP) is -0.425. The molecule has 1 aromatic rings. The van der Waals surface area contributed by atoms with Crippen molar-refractivity contribution in [2.75, 3.05) is 12.0 Å². The molecule has 0 radical (unpaired) electrons. The van der Waals surface area contributed by atoms with Crippen LogP contribution in [0.1, 0.15) is 5.56 Å². The van der Waals surface area contributed by atoms with Crippen LogP contribution in [-0.4, -0.2) is 16.2 Å². The van der Waals surface area contributed by atoms with Crippen LogP contribution in [-0.2, 0) is 0 Å². The van der Waals surface area contributed by atoms with E-state index in [1.807, 2.05) is 0 Å². The molecule has 0 amide bonds. The summed E-state index contributed by atoms with van der Waals surface area (Å²) in [6.45, 7) is 5.59. The Morgan fingerprint density at radius 2 is 2.38 bits per heavy atom. The van der Waals surface area contributed by atoms with Gasteiger partial charge in [0.25, 0.3) is 5.56 Å². The van der Waals surface area contributed by atoms with Crippen molar-refractivity contribution in [3.8, 4) is 0 Å². The lowest BCUT2D eigenvalue weighted by Crippen LogP contribution is -2.35. The van der Waals surface area contributed by atoms with Gasteiger partial charge in [-0.2, -0.15) is 0 Å². The monoisotopic (exact) mass is 181 g/mol. The molecule has 1 heterocycles. The van der Waals surface area contributed by atoms with Crippen molar-refractivity contribution < 1.29 is 0 Å². The lowest BCUT2D eigenvalue weighted by Gasteiger charge is -2.05. The van der Waals surface area contributed by atoms with E-state index >= 15 is 0 Å². The highest BCUT2D eigenvalue weighted by atomic mass is 16.2. The topological polar surface area (TPSA) is 66.9 Å². The number of aromatic nitrogens is 2. The Labute approximate surface area is 74.7 Å². The number of aryl methyl sites for hydroxylation is 1. The number of hydrogen-bond acceptors (Lipinski definition) is 3. The van der Waals surface area contributed by atoms with Gasteiger partial charge in [-0.3, -0.25) is 9.78 Å². The van der Waals surface area contributed by atoms with Crippen molar-refractivity contribution >= 4 is 0 Å². The molecule has 1 aromatic heterocycles. The van der Waals surface area contributed by atoms with Gasteiger partial charge in [0, 0.05) is 18.3 Å². The van der Waals surface area contributed by atoms with E-state index in [0.29, 0.717) is 12.1 Å². The third-order valence-corrected chi connectivity index (χ3v) is 1.53. The number of aromatic amines is 1. The summed E-state index contributed by atoms with van der Waals surface area (Å²) in [6, 6.07) is 0. The second kappa shape index (κ2) is 3.75. The molecule has 0 saturated heterocycles. The summed E-state index contributed by atoms with van der Waals surface area (Å²) < 4.78 is 1.22. The summed E-state index contributed by atoms with van der Waals surface area (Å²) >= 11 is 0. The van der Waals surface area contributed by atoms with Crippen molar-refractivity contribution in [3.05, 3.63) is 45.3 Å². The molecule has 5 nitrogen and oxygen atoms in total. The zero-order valence-electron chi connectivity index (χ0n) is 7.33. The van der Waals surface area contributed by atoms with Crippen LogP contribution >= 0.6 is 0 Å². The van der Waals surface area contributed by atoms with Crippen molar-refractivity contribution in [3.63, 3.8) is 0 Å². The van der Waals surface area contributed by atoms with Crippen molar-refractivity contribution in [2.45, 2.75) is 6.92 Å². The molecule has 2 N–H and O–H groups in total. The molecule has 0 unspecified atom stereocenters. The Bertz CT molecular complexity index is 416. The Balaban J connectivity index is 3.08. The molecule has 1 rings (SSSR count).